The summed E-state index contributed by atoms with van der Waals surface area (Å²) in [5.41, 5.74) is 10.2. The van der Waals surface area contributed by atoms with E-state index in [4.69, 9.17) is 5.73 Å². The summed E-state index contributed by atoms with van der Waals surface area (Å²) in [5.74, 6) is -0.101. The van der Waals surface area contributed by atoms with E-state index < -0.39 is 5.91 Å². The average molecular weight is 385 g/mol. The van der Waals surface area contributed by atoms with E-state index in [1.807, 2.05) is 32.0 Å². The van der Waals surface area contributed by atoms with Gasteiger partial charge in [-0.3, -0.25) is 9.59 Å². The van der Waals surface area contributed by atoms with E-state index in [9.17, 15) is 9.59 Å². The van der Waals surface area contributed by atoms with E-state index in [0.29, 0.717) is 22.0 Å². The smallest absolute Gasteiger partial charge is 0.256 e. The molecule has 0 saturated heterocycles. The minimum absolute atomic E-state index is 0.202. The second kappa shape index (κ2) is 7.12. The molecule has 1 aromatic heterocycles. The summed E-state index contributed by atoms with van der Waals surface area (Å²) in [4.78, 5) is 26.0. The van der Waals surface area contributed by atoms with Crippen molar-refractivity contribution in [3.63, 3.8) is 0 Å². The number of nitrogens with one attached hydrogen (secondary N) is 1. The summed E-state index contributed by atoms with van der Waals surface area (Å²) in [6.45, 7) is 10.8. The summed E-state index contributed by atoms with van der Waals surface area (Å²) in [7, 11) is 0. The number of amides is 2. The predicted octanol–water partition coefficient (Wildman–Crippen LogP) is 4.87. The number of carbonyl (C=O) groups excluding carboxylic acids is 2. The van der Waals surface area contributed by atoms with Crippen LogP contribution in [0.5, 0.6) is 0 Å². The van der Waals surface area contributed by atoms with Crippen molar-refractivity contribution in [1.82, 2.24) is 0 Å². The van der Waals surface area contributed by atoms with Gasteiger partial charge in [0.2, 0.25) is 0 Å². The van der Waals surface area contributed by atoms with Crippen LogP contribution in [0, 0.1) is 25.2 Å². The summed E-state index contributed by atoms with van der Waals surface area (Å²) in [6.07, 6.45) is 2.81. The van der Waals surface area contributed by atoms with E-state index in [1.165, 1.54) is 16.2 Å². The molecule has 2 aromatic rings. The highest BCUT2D eigenvalue weighted by atomic mass is 32.1. The molecular formula is C22H28N2O2S. The molecule has 1 aliphatic carbocycles. The topological polar surface area (TPSA) is 72.2 Å². The third-order valence-electron chi connectivity index (χ3n) is 5.73. The number of hydrogen-bond donors (Lipinski definition) is 2. The quantitative estimate of drug-likeness (QED) is 0.792. The van der Waals surface area contributed by atoms with Gasteiger partial charge >= 0.3 is 0 Å². The van der Waals surface area contributed by atoms with E-state index in [1.54, 1.807) is 0 Å². The van der Waals surface area contributed by atoms with Gasteiger partial charge in [-0.2, -0.15) is 0 Å². The Bertz CT molecular complexity index is 906. The molecule has 1 aliphatic rings. The molecule has 3 rings (SSSR count). The number of nitrogens with two attached hydrogens (primary N) is 1. The Labute approximate surface area is 165 Å². The number of primary amides is 1. The highest BCUT2D eigenvalue weighted by Gasteiger charge is 2.33. The molecule has 5 heteroatoms. The fourth-order valence-electron chi connectivity index (χ4n) is 3.73. The van der Waals surface area contributed by atoms with Crippen LogP contribution in [0.3, 0.4) is 0 Å². The maximum Gasteiger partial charge on any atom is 0.256 e. The van der Waals surface area contributed by atoms with Crippen LogP contribution in [0.4, 0.5) is 5.00 Å². The highest BCUT2D eigenvalue weighted by Crippen LogP contribution is 2.44. The van der Waals surface area contributed by atoms with Gasteiger partial charge in [0.15, 0.2) is 0 Å². The van der Waals surface area contributed by atoms with Gasteiger partial charge in [-0.15, -0.1) is 11.3 Å². The van der Waals surface area contributed by atoms with E-state index in [0.717, 1.165) is 36.0 Å². The lowest BCUT2D eigenvalue weighted by Crippen LogP contribution is -2.27. The summed E-state index contributed by atoms with van der Waals surface area (Å²) >= 11 is 1.51. The van der Waals surface area contributed by atoms with Gasteiger partial charge < -0.3 is 11.1 Å². The van der Waals surface area contributed by atoms with Gasteiger partial charge in [-0.05, 0) is 73.3 Å². The monoisotopic (exact) mass is 384 g/mol. The number of thiophene rings is 1. The zero-order chi connectivity index (χ0) is 19.9. The second-order valence-corrected chi connectivity index (χ2v) is 9.74. The van der Waals surface area contributed by atoms with Gasteiger partial charge in [0.25, 0.3) is 11.8 Å². The Kier molecular flexibility index (Phi) is 5.17. The van der Waals surface area contributed by atoms with Crippen molar-refractivity contribution >= 4 is 28.2 Å². The zero-order valence-corrected chi connectivity index (χ0v) is 17.5. The standard InChI is InChI=1S/C22H28N2O2S/c1-12-6-7-14(10-13(12)2)20(26)24-21-18(19(23)25)16-9-8-15(22(3,4)5)11-17(16)27-21/h6-7,10,15H,8-9,11H2,1-5H3,(H2,23,25)(H,24,26)/t15-/m0/s1. The SMILES string of the molecule is Cc1ccc(C(=O)Nc2sc3c(c2C(N)=O)CC[C@H](C(C)(C)C)C3)cc1C. The molecule has 0 unspecified atom stereocenters. The van der Waals surface area contributed by atoms with Gasteiger partial charge in [-0.1, -0.05) is 26.8 Å². The van der Waals surface area contributed by atoms with Gasteiger partial charge in [0, 0.05) is 10.4 Å². The molecule has 0 saturated carbocycles. The van der Waals surface area contributed by atoms with Gasteiger partial charge in [-0.25, -0.2) is 0 Å². The Morgan fingerprint density at radius 1 is 1.19 bits per heavy atom. The molecule has 27 heavy (non-hydrogen) atoms. The Morgan fingerprint density at radius 2 is 1.89 bits per heavy atom. The number of aryl methyl sites for hydroxylation is 2. The molecular weight excluding hydrogens is 356 g/mol. The van der Waals surface area contributed by atoms with E-state index in [-0.39, 0.29) is 11.3 Å². The summed E-state index contributed by atoms with van der Waals surface area (Å²) in [6, 6.07) is 5.62. The number of hydrogen-bond acceptors (Lipinski definition) is 3. The molecule has 2 amide bonds. The molecule has 1 aromatic carbocycles. The van der Waals surface area contributed by atoms with Crippen molar-refractivity contribution in [2.75, 3.05) is 5.32 Å². The molecule has 1 heterocycles. The zero-order valence-electron chi connectivity index (χ0n) is 16.7. The fraction of sp³-hybridized carbons (Fsp3) is 0.455. The first-order chi connectivity index (χ1) is 12.6. The molecule has 0 radical (unpaired) electrons. The van der Waals surface area contributed by atoms with Crippen LogP contribution >= 0.6 is 11.3 Å². The number of benzene rings is 1. The fourth-order valence-corrected chi connectivity index (χ4v) is 5.06. The highest BCUT2D eigenvalue weighted by molar-refractivity contribution is 7.17. The van der Waals surface area contributed by atoms with Crippen molar-refractivity contribution in [1.29, 1.82) is 0 Å². The van der Waals surface area contributed by atoms with Crippen LogP contribution in [-0.2, 0) is 12.8 Å². The first-order valence-electron chi connectivity index (χ1n) is 9.41. The van der Waals surface area contributed by atoms with E-state index >= 15 is 0 Å². The molecule has 0 fully saturated rings. The summed E-state index contributed by atoms with van der Waals surface area (Å²) < 4.78 is 0. The molecule has 0 bridgehead atoms. The third kappa shape index (κ3) is 3.93. The van der Waals surface area contributed by atoms with Crippen molar-refractivity contribution in [2.45, 2.75) is 53.9 Å². The van der Waals surface area contributed by atoms with Crippen molar-refractivity contribution in [3.05, 3.63) is 50.9 Å². The lowest BCUT2D eigenvalue weighted by molar-refractivity contribution is 0.1000. The van der Waals surface area contributed by atoms with E-state index in [2.05, 4.69) is 26.1 Å². The Balaban J connectivity index is 1.92. The van der Waals surface area contributed by atoms with Crippen LogP contribution in [-0.4, -0.2) is 11.8 Å². The Hall–Kier alpha value is -2.14. The van der Waals surface area contributed by atoms with Crippen molar-refractivity contribution < 1.29 is 9.59 Å². The number of anilines is 1. The van der Waals surface area contributed by atoms with Crippen LogP contribution in [0.25, 0.3) is 0 Å². The molecule has 0 aliphatic heterocycles. The molecule has 4 nitrogen and oxygen atoms in total. The maximum absolute atomic E-state index is 12.7. The second-order valence-electron chi connectivity index (χ2n) is 8.63. The normalized spacial score (nSPS) is 16.7. The first kappa shape index (κ1) is 19.6. The van der Waals surface area contributed by atoms with Crippen molar-refractivity contribution in [3.8, 4) is 0 Å². The Morgan fingerprint density at radius 3 is 2.48 bits per heavy atom. The first-order valence-corrected chi connectivity index (χ1v) is 10.2. The number of rotatable bonds is 3. The van der Waals surface area contributed by atoms with Gasteiger partial charge in [0.1, 0.15) is 5.00 Å². The minimum atomic E-state index is -0.461. The number of fused-ring (bicyclic) bond motifs is 1. The molecule has 1 atom stereocenters. The minimum Gasteiger partial charge on any atom is -0.365 e. The van der Waals surface area contributed by atoms with Crippen LogP contribution in [0.15, 0.2) is 18.2 Å². The summed E-state index contributed by atoms with van der Waals surface area (Å²) in [5, 5.41) is 3.53. The molecule has 0 spiro atoms. The molecule has 144 valence electrons. The molecule has 3 N–H and O–H groups in total. The van der Waals surface area contributed by atoms with Crippen LogP contribution in [0.1, 0.15) is 69.5 Å². The predicted molar refractivity (Wildman–Crippen MR) is 112 cm³/mol. The largest absolute Gasteiger partial charge is 0.365 e. The third-order valence-corrected chi connectivity index (χ3v) is 6.90. The van der Waals surface area contributed by atoms with Crippen molar-refractivity contribution in [2.24, 2.45) is 17.1 Å². The number of carbonyl (C=O) groups is 2. The van der Waals surface area contributed by atoms with Gasteiger partial charge in [0.05, 0.1) is 5.56 Å². The maximum atomic E-state index is 12.7. The average Bonchev–Trinajstić information content (AvgIpc) is 2.93. The lowest BCUT2D eigenvalue weighted by atomic mass is 9.72. The lowest BCUT2D eigenvalue weighted by Gasteiger charge is -2.33. The van der Waals surface area contributed by atoms with Crippen LogP contribution in [0.2, 0.25) is 0 Å². The van der Waals surface area contributed by atoms with Crippen LogP contribution < -0.4 is 11.1 Å².